The maximum atomic E-state index is 11.2. The molecular weight excluding hydrogens is 230 g/mol. The van der Waals surface area contributed by atoms with Gasteiger partial charge in [0.15, 0.2) is 17.0 Å². The second-order valence-corrected chi connectivity index (χ2v) is 3.60. The van der Waals surface area contributed by atoms with E-state index >= 15 is 0 Å². The number of fused-ring (bicyclic) bond motifs is 1. The first kappa shape index (κ1) is 10.8. The third-order valence-electron chi connectivity index (χ3n) is 2.03. The highest BCUT2D eigenvalue weighted by molar-refractivity contribution is 6.29. The van der Waals surface area contributed by atoms with E-state index in [1.165, 1.54) is 0 Å². The van der Waals surface area contributed by atoms with Gasteiger partial charge >= 0.3 is 0 Å². The first-order chi connectivity index (χ1) is 7.61. The summed E-state index contributed by atoms with van der Waals surface area (Å²) in [7, 11) is 1.74. The van der Waals surface area contributed by atoms with E-state index in [1.54, 1.807) is 17.9 Å². The van der Waals surface area contributed by atoms with Crippen LogP contribution in [0, 0.1) is 6.92 Å². The number of hydrogen-bond acceptors (Lipinski definition) is 4. The zero-order valence-electron chi connectivity index (χ0n) is 8.86. The molecule has 0 aliphatic heterocycles. The number of hydrogen-bond donors (Lipinski definition) is 1. The van der Waals surface area contributed by atoms with Gasteiger partial charge in [0.25, 0.3) is 0 Å². The van der Waals surface area contributed by atoms with Gasteiger partial charge in [-0.2, -0.15) is 5.10 Å². The number of nitrogens with one attached hydrogen (secondary N) is 1. The Morgan fingerprint density at radius 3 is 3.06 bits per heavy atom. The molecule has 1 N–H and O–H groups in total. The molecule has 2 aromatic heterocycles. The number of alkyl halides is 1. The fourth-order valence-electron chi connectivity index (χ4n) is 1.35. The van der Waals surface area contributed by atoms with Crippen molar-refractivity contribution in [1.82, 2.24) is 19.7 Å². The largest absolute Gasteiger partial charge is 0.306 e. The van der Waals surface area contributed by atoms with E-state index in [9.17, 15) is 4.79 Å². The lowest BCUT2D eigenvalue weighted by atomic mass is 10.4. The normalized spacial score (nSPS) is 10.7. The Labute approximate surface area is 96.6 Å². The Morgan fingerprint density at radius 2 is 2.38 bits per heavy atom. The van der Waals surface area contributed by atoms with E-state index in [0.29, 0.717) is 17.0 Å². The Morgan fingerprint density at radius 1 is 1.62 bits per heavy atom. The van der Waals surface area contributed by atoms with Crippen molar-refractivity contribution in [2.45, 2.75) is 6.92 Å². The summed E-state index contributed by atoms with van der Waals surface area (Å²) in [4.78, 5) is 19.6. The SMILES string of the molecule is Cc1cnc2c(NC(=O)CCl)nn(C)c2n1. The summed E-state index contributed by atoms with van der Waals surface area (Å²) in [5.74, 6) is -0.0446. The second kappa shape index (κ2) is 4.05. The van der Waals surface area contributed by atoms with E-state index in [-0.39, 0.29) is 11.8 Å². The van der Waals surface area contributed by atoms with E-state index in [4.69, 9.17) is 11.6 Å². The van der Waals surface area contributed by atoms with Gasteiger partial charge in [-0.05, 0) is 6.92 Å². The molecule has 0 aliphatic rings. The molecule has 0 saturated heterocycles. The zero-order valence-corrected chi connectivity index (χ0v) is 9.62. The quantitative estimate of drug-likeness (QED) is 0.789. The van der Waals surface area contributed by atoms with Crippen LogP contribution in [0.15, 0.2) is 6.20 Å². The molecule has 0 atom stereocenters. The third-order valence-corrected chi connectivity index (χ3v) is 2.28. The van der Waals surface area contributed by atoms with Crippen LogP contribution in [0.5, 0.6) is 0 Å². The van der Waals surface area contributed by atoms with E-state index in [2.05, 4.69) is 20.4 Å². The molecule has 84 valence electrons. The van der Waals surface area contributed by atoms with Crippen molar-refractivity contribution in [3.8, 4) is 0 Å². The van der Waals surface area contributed by atoms with Gasteiger partial charge in [0.2, 0.25) is 5.91 Å². The number of amides is 1. The molecule has 7 heteroatoms. The van der Waals surface area contributed by atoms with Crippen molar-refractivity contribution in [2.24, 2.45) is 7.05 Å². The minimum absolute atomic E-state index is 0.114. The fraction of sp³-hybridized carbons (Fsp3) is 0.333. The number of nitrogens with zero attached hydrogens (tertiary/aromatic N) is 4. The van der Waals surface area contributed by atoms with Crippen molar-refractivity contribution in [2.75, 3.05) is 11.2 Å². The summed E-state index contributed by atoms with van der Waals surface area (Å²) >= 11 is 5.40. The van der Waals surface area contributed by atoms with Crippen molar-refractivity contribution >= 4 is 34.5 Å². The first-order valence-corrected chi connectivity index (χ1v) is 5.17. The highest BCUT2D eigenvalue weighted by Gasteiger charge is 2.13. The summed E-state index contributed by atoms with van der Waals surface area (Å²) < 4.78 is 1.57. The van der Waals surface area contributed by atoms with Crippen LogP contribution in [-0.2, 0) is 11.8 Å². The summed E-state index contributed by atoms with van der Waals surface area (Å²) in [6.07, 6.45) is 1.63. The highest BCUT2D eigenvalue weighted by atomic mass is 35.5. The van der Waals surface area contributed by atoms with Gasteiger partial charge in [0, 0.05) is 13.2 Å². The molecule has 0 fully saturated rings. The zero-order chi connectivity index (χ0) is 11.7. The molecule has 0 aromatic carbocycles. The van der Waals surface area contributed by atoms with Gasteiger partial charge < -0.3 is 5.32 Å². The average Bonchev–Trinajstić information content (AvgIpc) is 2.55. The Kier molecular flexibility index (Phi) is 2.74. The minimum atomic E-state index is -0.316. The minimum Gasteiger partial charge on any atom is -0.306 e. The number of aromatic nitrogens is 4. The molecule has 2 heterocycles. The fourth-order valence-corrected chi connectivity index (χ4v) is 1.42. The van der Waals surface area contributed by atoms with Gasteiger partial charge in [-0.25, -0.2) is 14.6 Å². The lowest BCUT2D eigenvalue weighted by Crippen LogP contribution is -2.13. The molecule has 0 spiro atoms. The molecule has 2 rings (SSSR count). The van der Waals surface area contributed by atoms with Gasteiger partial charge in [0.05, 0.1) is 5.69 Å². The molecule has 6 nitrogen and oxygen atoms in total. The highest BCUT2D eigenvalue weighted by Crippen LogP contribution is 2.17. The van der Waals surface area contributed by atoms with E-state index in [0.717, 1.165) is 5.69 Å². The van der Waals surface area contributed by atoms with E-state index < -0.39 is 0 Å². The van der Waals surface area contributed by atoms with Crippen LogP contribution in [0.25, 0.3) is 11.2 Å². The molecule has 0 bridgehead atoms. The van der Waals surface area contributed by atoms with Crippen molar-refractivity contribution in [3.05, 3.63) is 11.9 Å². The number of carbonyl (C=O) groups excluding carboxylic acids is 1. The Balaban J connectivity index is 2.51. The Hall–Kier alpha value is -1.69. The monoisotopic (exact) mass is 239 g/mol. The van der Waals surface area contributed by atoms with Crippen molar-refractivity contribution in [1.29, 1.82) is 0 Å². The maximum absolute atomic E-state index is 11.2. The summed E-state index contributed by atoms with van der Waals surface area (Å²) in [6.45, 7) is 1.84. The molecule has 16 heavy (non-hydrogen) atoms. The summed E-state index contributed by atoms with van der Waals surface area (Å²) in [6, 6.07) is 0. The number of anilines is 1. The van der Waals surface area contributed by atoms with Gasteiger partial charge in [0.1, 0.15) is 5.88 Å². The second-order valence-electron chi connectivity index (χ2n) is 3.34. The molecule has 0 unspecified atom stereocenters. The smallest absolute Gasteiger partial charge is 0.240 e. The molecule has 0 saturated carbocycles. The Bertz CT molecular complexity index is 550. The van der Waals surface area contributed by atoms with Crippen molar-refractivity contribution in [3.63, 3.8) is 0 Å². The predicted octanol–water partition coefficient (Wildman–Crippen LogP) is 0.849. The number of rotatable bonds is 2. The van der Waals surface area contributed by atoms with Crippen molar-refractivity contribution < 1.29 is 4.79 Å². The van der Waals surface area contributed by atoms with Crippen LogP contribution >= 0.6 is 11.6 Å². The first-order valence-electron chi connectivity index (χ1n) is 4.64. The van der Waals surface area contributed by atoms with E-state index in [1.807, 2.05) is 6.92 Å². The maximum Gasteiger partial charge on any atom is 0.240 e. The van der Waals surface area contributed by atoms with Gasteiger partial charge in [-0.15, -0.1) is 11.6 Å². The van der Waals surface area contributed by atoms with Crippen LogP contribution in [0.4, 0.5) is 5.82 Å². The number of halogens is 1. The molecular formula is C9H10ClN5O. The number of aryl methyl sites for hydroxylation is 2. The summed E-state index contributed by atoms with van der Waals surface area (Å²) in [5, 5.41) is 6.69. The van der Waals surface area contributed by atoms with Crippen LogP contribution in [0.1, 0.15) is 5.69 Å². The molecule has 0 aliphatic carbocycles. The predicted molar refractivity (Wildman–Crippen MR) is 60.4 cm³/mol. The summed E-state index contributed by atoms with van der Waals surface area (Å²) in [5.41, 5.74) is 1.99. The topological polar surface area (TPSA) is 72.7 Å². The molecule has 0 radical (unpaired) electrons. The van der Waals surface area contributed by atoms with Gasteiger partial charge in [-0.3, -0.25) is 4.79 Å². The number of carbonyl (C=O) groups is 1. The van der Waals surface area contributed by atoms with Crippen LogP contribution in [0.3, 0.4) is 0 Å². The molecule has 1 amide bonds. The standard InChI is InChI=1S/C9H10ClN5O/c1-5-4-11-7-8(13-6(16)3-10)14-15(2)9(7)12-5/h4H,3H2,1-2H3,(H,13,14,16). The van der Waals surface area contributed by atoms with Gasteiger partial charge in [-0.1, -0.05) is 0 Å². The third kappa shape index (κ3) is 1.83. The average molecular weight is 240 g/mol. The van der Waals surface area contributed by atoms with Crippen LogP contribution in [0.2, 0.25) is 0 Å². The molecule has 2 aromatic rings. The van der Waals surface area contributed by atoms with Crippen LogP contribution < -0.4 is 5.32 Å². The van der Waals surface area contributed by atoms with Crippen LogP contribution in [-0.4, -0.2) is 31.5 Å². The lowest BCUT2D eigenvalue weighted by molar-refractivity contribution is -0.113. The lowest BCUT2D eigenvalue weighted by Gasteiger charge is -1.97.